The minimum absolute atomic E-state index is 0.0560. The SMILES string of the molecule is CCCn1c(SCC(=O)Nc2ccc(C)c(C)c2)nc2ccccc2c1=O. The quantitative estimate of drug-likeness (QED) is 0.514. The molecule has 0 atom stereocenters. The molecule has 0 saturated carbocycles. The van der Waals surface area contributed by atoms with Gasteiger partial charge in [-0.3, -0.25) is 14.2 Å². The summed E-state index contributed by atoms with van der Waals surface area (Å²) in [6.45, 7) is 6.65. The van der Waals surface area contributed by atoms with Gasteiger partial charge in [0.1, 0.15) is 0 Å². The lowest BCUT2D eigenvalue weighted by molar-refractivity contribution is -0.113. The van der Waals surface area contributed by atoms with E-state index in [2.05, 4.69) is 10.3 Å². The van der Waals surface area contributed by atoms with Crippen molar-refractivity contribution in [1.29, 1.82) is 0 Å². The summed E-state index contributed by atoms with van der Waals surface area (Å²) >= 11 is 1.29. The smallest absolute Gasteiger partial charge is 0.262 e. The molecule has 0 aliphatic rings. The summed E-state index contributed by atoms with van der Waals surface area (Å²) in [4.78, 5) is 29.7. The molecule has 1 amide bonds. The second-order valence-corrected chi connectivity index (χ2v) is 7.45. The van der Waals surface area contributed by atoms with Gasteiger partial charge in [0, 0.05) is 12.2 Å². The Balaban J connectivity index is 1.79. The molecular formula is C21H23N3O2S. The predicted molar refractivity (Wildman–Crippen MR) is 112 cm³/mol. The van der Waals surface area contributed by atoms with Crippen molar-refractivity contribution in [3.05, 3.63) is 63.9 Å². The standard InChI is InChI=1S/C21H23N3O2S/c1-4-11-24-20(26)17-7-5-6-8-18(17)23-21(24)27-13-19(25)22-16-10-9-14(2)15(3)12-16/h5-10,12H,4,11,13H2,1-3H3,(H,22,25). The van der Waals surface area contributed by atoms with Crippen LogP contribution in [0.15, 0.2) is 52.4 Å². The first-order valence-corrected chi connectivity index (χ1v) is 9.97. The molecule has 1 N–H and O–H groups in total. The van der Waals surface area contributed by atoms with Crippen molar-refractivity contribution >= 4 is 34.3 Å². The first-order chi connectivity index (χ1) is 13.0. The monoisotopic (exact) mass is 381 g/mol. The van der Waals surface area contributed by atoms with Crippen LogP contribution in [0.4, 0.5) is 5.69 Å². The van der Waals surface area contributed by atoms with Crippen LogP contribution in [0.2, 0.25) is 0 Å². The lowest BCUT2D eigenvalue weighted by atomic mass is 10.1. The molecule has 140 valence electrons. The van der Waals surface area contributed by atoms with Crippen LogP contribution in [-0.4, -0.2) is 21.2 Å². The van der Waals surface area contributed by atoms with Gasteiger partial charge in [-0.1, -0.05) is 36.9 Å². The number of carbonyl (C=O) groups excluding carboxylic acids is 1. The highest BCUT2D eigenvalue weighted by Crippen LogP contribution is 2.19. The minimum Gasteiger partial charge on any atom is -0.325 e. The van der Waals surface area contributed by atoms with Gasteiger partial charge in [0.05, 0.1) is 16.7 Å². The van der Waals surface area contributed by atoms with E-state index in [9.17, 15) is 9.59 Å². The molecule has 6 heteroatoms. The first-order valence-electron chi connectivity index (χ1n) is 8.99. The van der Waals surface area contributed by atoms with Crippen molar-refractivity contribution in [2.24, 2.45) is 0 Å². The van der Waals surface area contributed by atoms with Gasteiger partial charge in [-0.05, 0) is 55.7 Å². The number of amides is 1. The number of aryl methyl sites for hydroxylation is 2. The van der Waals surface area contributed by atoms with Crippen molar-refractivity contribution < 1.29 is 4.79 Å². The molecule has 0 radical (unpaired) electrons. The molecule has 3 rings (SSSR count). The van der Waals surface area contributed by atoms with Crippen molar-refractivity contribution in [3.63, 3.8) is 0 Å². The molecule has 0 aliphatic heterocycles. The van der Waals surface area contributed by atoms with Gasteiger partial charge in [0.25, 0.3) is 5.56 Å². The second-order valence-electron chi connectivity index (χ2n) is 6.50. The number of hydrogen-bond donors (Lipinski definition) is 1. The van der Waals surface area contributed by atoms with E-state index in [0.29, 0.717) is 22.6 Å². The molecule has 3 aromatic rings. The number of fused-ring (bicyclic) bond motifs is 1. The molecule has 0 spiro atoms. The fraction of sp³-hybridized carbons (Fsp3) is 0.286. The second kappa shape index (κ2) is 8.39. The number of aromatic nitrogens is 2. The van der Waals surface area contributed by atoms with Gasteiger partial charge >= 0.3 is 0 Å². The predicted octanol–water partition coefficient (Wildman–Crippen LogP) is 4.15. The van der Waals surface area contributed by atoms with Gasteiger partial charge in [-0.15, -0.1) is 0 Å². The third kappa shape index (κ3) is 4.39. The van der Waals surface area contributed by atoms with Gasteiger partial charge in [0.15, 0.2) is 5.16 Å². The van der Waals surface area contributed by atoms with Crippen LogP contribution < -0.4 is 10.9 Å². The van der Waals surface area contributed by atoms with Crippen molar-refractivity contribution in [1.82, 2.24) is 9.55 Å². The van der Waals surface area contributed by atoms with Gasteiger partial charge in [-0.2, -0.15) is 0 Å². The largest absolute Gasteiger partial charge is 0.325 e. The molecule has 1 aromatic heterocycles. The lowest BCUT2D eigenvalue weighted by Crippen LogP contribution is -2.24. The molecule has 0 unspecified atom stereocenters. The van der Waals surface area contributed by atoms with Crippen LogP contribution in [0, 0.1) is 13.8 Å². The Labute approximate surface area is 162 Å². The summed E-state index contributed by atoms with van der Waals surface area (Å²) in [5.74, 6) is 0.0789. The minimum atomic E-state index is -0.117. The van der Waals surface area contributed by atoms with E-state index >= 15 is 0 Å². The van der Waals surface area contributed by atoms with Crippen LogP contribution in [0.5, 0.6) is 0 Å². The zero-order valence-electron chi connectivity index (χ0n) is 15.8. The molecule has 5 nitrogen and oxygen atoms in total. The van der Waals surface area contributed by atoms with E-state index in [1.807, 2.05) is 57.2 Å². The highest BCUT2D eigenvalue weighted by molar-refractivity contribution is 7.99. The van der Waals surface area contributed by atoms with Gasteiger partial charge in [0.2, 0.25) is 5.91 Å². The van der Waals surface area contributed by atoms with Crippen LogP contribution in [0.25, 0.3) is 10.9 Å². The summed E-state index contributed by atoms with van der Waals surface area (Å²) in [5.41, 5.74) is 3.70. The summed E-state index contributed by atoms with van der Waals surface area (Å²) in [6.07, 6.45) is 0.822. The fourth-order valence-electron chi connectivity index (χ4n) is 2.82. The fourth-order valence-corrected chi connectivity index (χ4v) is 3.65. The Kier molecular flexibility index (Phi) is 5.96. The molecule has 0 bridgehead atoms. The van der Waals surface area contributed by atoms with Crippen LogP contribution >= 0.6 is 11.8 Å². The topological polar surface area (TPSA) is 64.0 Å². The van der Waals surface area contributed by atoms with Crippen LogP contribution in [0.1, 0.15) is 24.5 Å². The summed E-state index contributed by atoms with van der Waals surface area (Å²) in [6, 6.07) is 13.2. The molecule has 1 heterocycles. The average molecular weight is 382 g/mol. The molecule has 27 heavy (non-hydrogen) atoms. The number of para-hydroxylation sites is 1. The highest BCUT2D eigenvalue weighted by atomic mass is 32.2. The maximum atomic E-state index is 12.8. The first kappa shape index (κ1) is 19.2. The Hall–Kier alpha value is -2.60. The van der Waals surface area contributed by atoms with Crippen LogP contribution in [0.3, 0.4) is 0 Å². The van der Waals surface area contributed by atoms with E-state index in [-0.39, 0.29) is 17.2 Å². The number of anilines is 1. The van der Waals surface area contributed by atoms with Crippen molar-refractivity contribution in [3.8, 4) is 0 Å². The average Bonchev–Trinajstić information content (AvgIpc) is 2.66. The maximum absolute atomic E-state index is 12.8. The maximum Gasteiger partial charge on any atom is 0.262 e. The van der Waals surface area contributed by atoms with Gasteiger partial charge < -0.3 is 5.32 Å². The van der Waals surface area contributed by atoms with E-state index in [1.54, 1.807) is 10.6 Å². The lowest BCUT2D eigenvalue weighted by Gasteiger charge is -2.12. The highest BCUT2D eigenvalue weighted by Gasteiger charge is 2.13. The summed E-state index contributed by atoms with van der Waals surface area (Å²) in [7, 11) is 0. The number of nitrogens with zero attached hydrogens (tertiary/aromatic N) is 2. The third-order valence-corrected chi connectivity index (χ3v) is 5.37. The van der Waals surface area contributed by atoms with E-state index < -0.39 is 0 Å². The Morgan fingerprint density at radius 1 is 1.15 bits per heavy atom. The number of rotatable bonds is 6. The number of thioether (sulfide) groups is 1. The zero-order valence-corrected chi connectivity index (χ0v) is 16.6. The number of benzene rings is 2. The Morgan fingerprint density at radius 3 is 2.67 bits per heavy atom. The number of nitrogens with one attached hydrogen (secondary N) is 1. The van der Waals surface area contributed by atoms with Crippen LogP contribution in [-0.2, 0) is 11.3 Å². The zero-order chi connectivity index (χ0) is 19.4. The number of hydrogen-bond acceptors (Lipinski definition) is 4. The normalized spacial score (nSPS) is 10.9. The van der Waals surface area contributed by atoms with E-state index in [4.69, 9.17) is 0 Å². The number of carbonyl (C=O) groups is 1. The summed E-state index contributed by atoms with van der Waals surface area (Å²) < 4.78 is 1.66. The van der Waals surface area contributed by atoms with Crippen molar-refractivity contribution in [2.45, 2.75) is 38.9 Å². The molecule has 0 aliphatic carbocycles. The summed E-state index contributed by atoms with van der Waals surface area (Å²) in [5, 5.41) is 4.09. The molecule has 0 fully saturated rings. The van der Waals surface area contributed by atoms with Crippen molar-refractivity contribution in [2.75, 3.05) is 11.1 Å². The Morgan fingerprint density at radius 2 is 1.93 bits per heavy atom. The molecule has 0 saturated heterocycles. The van der Waals surface area contributed by atoms with E-state index in [1.165, 1.54) is 17.3 Å². The molecule has 2 aromatic carbocycles. The van der Waals surface area contributed by atoms with E-state index in [0.717, 1.165) is 17.7 Å². The third-order valence-electron chi connectivity index (χ3n) is 4.40. The molecular weight excluding hydrogens is 358 g/mol. The Bertz CT molecular complexity index is 1040. The van der Waals surface area contributed by atoms with Gasteiger partial charge in [-0.25, -0.2) is 4.98 Å².